The lowest BCUT2D eigenvalue weighted by atomic mass is 10.2. The molecular formula is C17H24N8O2S. The molecule has 0 radical (unpaired) electrons. The highest BCUT2D eigenvalue weighted by Gasteiger charge is 2.16. The third-order valence-corrected chi connectivity index (χ3v) is 5.01. The van der Waals surface area contributed by atoms with Crippen LogP contribution in [0.5, 0.6) is 0 Å². The molecule has 1 aromatic carbocycles. The van der Waals surface area contributed by atoms with E-state index in [1.54, 1.807) is 18.3 Å². The summed E-state index contributed by atoms with van der Waals surface area (Å²) in [6.07, 6.45) is 1.67. The van der Waals surface area contributed by atoms with E-state index in [0.29, 0.717) is 37.0 Å². The number of nitrogens with two attached hydrogens (primary N) is 2. The molecule has 0 saturated carbocycles. The van der Waals surface area contributed by atoms with Crippen molar-refractivity contribution in [3.05, 3.63) is 36.0 Å². The summed E-state index contributed by atoms with van der Waals surface area (Å²) in [5.41, 5.74) is 7.81. The quantitative estimate of drug-likeness (QED) is 0.434. The fourth-order valence-electron chi connectivity index (χ4n) is 2.75. The minimum absolute atomic E-state index is 0.0819. The van der Waals surface area contributed by atoms with Crippen molar-refractivity contribution in [2.45, 2.75) is 31.3 Å². The molecule has 2 heterocycles. The molecule has 0 fully saturated rings. The molecule has 0 saturated heterocycles. The van der Waals surface area contributed by atoms with E-state index in [0.717, 1.165) is 11.2 Å². The van der Waals surface area contributed by atoms with Gasteiger partial charge in [-0.3, -0.25) is 4.57 Å². The van der Waals surface area contributed by atoms with E-state index < -0.39 is 10.0 Å². The van der Waals surface area contributed by atoms with E-state index in [1.165, 1.54) is 12.1 Å². The number of hydrogen-bond donors (Lipinski definition) is 4. The van der Waals surface area contributed by atoms with E-state index in [-0.39, 0.29) is 10.9 Å². The zero-order chi connectivity index (χ0) is 20.3. The summed E-state index contributed by atoms with van der Waals surface area (Å²) in [4.78, 5) is 13.5. The van der Waals surface area contributed by atoms with Gasteiger partial charge in [0.2, 0.25) is 21.9 Å². The number of sulfonamides is 1. The fourth-order valence-corrected chi connectivity index (χ4v) is 3.27. The maximum Gasteiger partial charge on any atom is 0.238 e. The topological polar surface area (TPSA) is 154 Å². The first-order valence-electron chi connectivity index (χ1n) is 8.84. The number of benzene rings is 1. The van der Waals surface area contributed by atoms with Crippen molar-refractivity contribution in [2.75, 3.05) is 23.7 Å². The minimum atomic E-state index is -3.70. The summed E-state index contributed by atoms with van der Waals surface area (Å²) in [5.74, 6) is 1.16. The Morgan fingerprint density at radius 3 is 2.46 bits per heavy atom. The van der Waals surface area contributed by atoms with E-state index in [1.807, 2.05) is 18.4 Å². The molecule has 150 valence electrons. The summed E-state index contributed by atoms with van der Waals surface area (Å²) < 4.78 is 24.7. The molecule has 3 rings (SSSR count). The number of nitrogens with one attached hydrogen (secondary N) is 2. The highest BCUT2D eigenvalue weighted by Crippen LogP contribution is 2.24. The van der Waals surface area contributed by atoms with Gasteiger partial charge in [-0.2, -0.15) is 4.98 Å². The van der Waals surface area contributed by atoms with Gasteiger partial charge >= 0.3 is 0 Å². The van der Waals surface area contributed by atoms with Crippen LogP contribution in [0.1, 0.15) is 25.5 Å². The van der Waals surface area contributed by atoms with Gasteiger partial charge in [0.1, 0.15) is 5.52 Å². The zero-order valence-corrected chi connectivity index (χ0v) is 16.6. The van der Waals surface area contributed by atoms with Crippen molar-refractivity contribution in [2.24, 2.45) is 10.9 Å². The molecule has 10 nitrogen and oxygen atoms in total. The van der Waals surface area contributed by atoms with Gasteiger partial charge < -0.3 is 16.4 Å². The van der Waals surface area contributed by atoms with Gasteiger partial charge in [-0.05, 0) is 31.5 Å². The first kappa shape index (κ1) is 20.0. The molecule has 6 N–H and O–H groups in total. The second-order valence-electron chi connectivity index (χ2n) is 6.56. The number of aromatic nitrogens is 4. The first-order chi connectivity index (χ1) is 13.3. The largest absolute Gasteiger partial charge is 0.353 e. The Bertz CT molecular complexity index is 1060. The van der Waals surface area contributed by atoms with E-state index >= 15 is 0 Å². The van der Waals surface area contributed by atoms with Crippen LogP contribution in [-0.4, -0.2) is 41.0 Å². The average molecular weight is 405 g/mol. The minimum Gasteiger partial charge on any atom is -0.353 e. The summed E-state index contributed by atoms with van der Waals surface area (Å²) in [7, 11) is -3.70. The monoisotopic (exact) mass is 404 g/mol. The van der Waals surface area contributed by atoms with Crippen molar-refractivity contribution < 1.29 is 8.42 Å². The SMILES string of the molecule is CC(C)n1c(NCc2ccc(S(N)(=O)=O)cc2)nc2cnc(NCCN)nc21. The van der Waals surface area contributed by atoms with Crippen LogP contribution in [-0.2, 0) is 16.6 Å². The molecule has 0 unspecified atom stereocenters. The molecule has 28 heavy (non-hydrogen) atoms. The van der Waals surface area contributed by atoms with Crippen LogP contribution >= 0.6 is 0 Å². The number of rotatable bonds is 8. The second-order valence-corrected chi connectivity index (χ2v) is 8.12. The molecular weight excluding hydrogens is 380 g/mol. The lowest BCUT2D eigenvalue weighted by Crippen LogP contribution is -2.15. The number of nitrogens with zero attached hydrogens (tertiary/aromatic N) is 4. The second kappa shape index (κ2) is 8.09. The summed E-state index contributed by atoms with van der Waals surface area (Å²) in [6, 6.07) is 6.51. The number of imidazole rings is 1. The van der Waals surface area contributed by atoms with Gasteiger partial charge in [0, 0.05) is 25.7 Å². The molecule has 0 aliphatic heterocycles. The average Bonchev–Trinajstić information content (AvgIpc) is 3.02. The Morgan fingerprint density at radius 1 is 1.14 bits per heavy atom. The lowest BCUT2D eigenvalue weighted by molar-refractivity contribution is 0.597. The van der Waals surface area contributed by atoms with Crippen molar-refractivity contribution in [3.8, 4) is 0 Å². The van der Waals surface area contributed by atoms with Crippen molar-refractivity contribution in [3.63, 3.8) is 0 Å². The lowest BCUT2D eigenvalue weighted by Gasteiger charge is -2.14. The van der Waals surface area contributed by atoms with Gasteiger partial charge in [0.15, 0.2) is 5.65 Å². The summed E-state index contributed by atoms with van der Waals surface area (Å²) in [5, 5.41) is 11.5. The molecule has 0 bridgehead atoms. The molecule has 0 aliphatic carbocycles. The maximum absolute atomic E-state index is 11.4. The molecule has 0 spiro atoms. The van der Waals surface area contributed by atoms with Gasteiger partial charge in [-0.1, -0.05) is 12.1 Å². The Kier molecular flexibility index (Phi) is 5.77. The van der Waals surface area contributed by atoms with Crippen LogP contribution in [0.2, 0.25) is 0 Å². The molecule has 0 aliphatic rings. The first-order valence-corrected chi connectivity index (χ1v) is 10.4. The zero-order valence-electron chi connectivity index (χ0n) is 15.8. The van der Waals surface area contributed by atoms with Crippen LogP contribution in [0.3, 0.4) is 0 Å². The van der Waals surface area contributed by atoms with Crippen LogP contribution in [0.15, 0.2) is 35.4 Å². The van der Waals surface area contributed by atoms with E-state index in [2.05, 4.69) is 25.6 Å². The Labute approximate surface area is 163 Å². The van der Waals surface area contributed by atoms with Crippen LogP contribution in [0.4, 0.5) is 11.9 Å². The van der Waals surface area contributed by atoms with Crippen LogP contribution < -0.4 is 21.5 Å². The molecule has 0 amide bonds. The smallest absolute Gasteiger partial charge is 0.238 e. The summed E-state index contributed by atoms with van der Waals surface area (Å²) in [6.45, 7) is 5.63. The van der Waals surface area contributed by atoms with Crippen LogP contribution in [0, 0.1) is 0 Å². The van der Waals surface area contributed by atoms with E-state index in [4.69, 9.17) is 10.9 Å². The third-order valence-electron chi connectivity index (χ3n) is 4.08. The predicted molar refractivity (Wildman–Crippen MR) is 108 cm³/mol. The number of fused-ring (bicyclic) bond motifs is 1. The van der Waals surface area contributed by atoms with Crippen molar-refractivity contribution in [1.29, 1.82) is 0 Å². The summed E-state index contributed by atoms with van der Waals surface area (Å²) >= 11 is 0. The molecule has 2 aromatic heterocycles. The maximum atomic E-state index is 11.4. The van der Waals surface area contributed by atoms with Gasteiger partial charge in [0.05, 0.1) is 11.1 Å². The van der Waals surface area contributed by atoms with E-state index in [9.17, 15) is 8.42 Å². The predicted octanol–water partition coefficient (Wildman–Crippen LogP) is 1.04. The molecule has 0 atom stereocenters. The Balaban J connectivity index is 1.85. The van der Waals surface area contributed by atoms with Gasteiger partial charge in [-0.25, -0.2) is 23.5 Å². The molecule has 3 aromatic rings. The number of hydrogen-bond acceptors (Lipinski definition) is 8. The van der Waals surface area contributed by atoms with Gasteiger partial charge in [0.25, 0.3) is 0 Å². The van der Waals surface area contributed by atoms with Crippen molar-refractivity contribution >= 4 is 33.1 Å². The molecule has 11 heteroatoms. The third kappa shape index (κ3) is 4.38. The highest BCUT2D eigenvalue weighted by molar-refractivity contribution is 7.89. The number of anilines is 2. The fraction of sp³-hybridized carbons (Fsp3) is 0.353. The standard InChI is InChI=1S/C17H24N8O2S/c1-11(2)25-15-14(10-21-16(24-15)20-8-7-18)23-17(25)22-9-12-3-5-13(6-4-12)28(19,26)27/h3-6,10-11H,7-9,18H2,1-2H3,(H,22,23)(H2,19,26,27)(H,20,21,24). The number of primary sulfonamides is 1. The Hall–Kier alpha value is -2.76. The van der Waals surface area contributed by atoms with Gasteiger partial charge in [-0.15, -0.1) is 0 Å². The normalized spacial score (nSPS) is 11.9. The van der Waals surface area contributed by atoms with Crippen LogP contribution in [0.25, 0.3) is 11.2 Å². The highest BCUT2D eigenvalue weighted by atomic mass is 32.2. The Morgan fingerprint density at radius 2 is 1.86 bits per heavy atom. The van der Waals surface area contributed by atoms with Crippen molar-refractivity contribution in [1.82, 2.24) is 19.5 Å².